The third-order valence-corrected chi connectivity index (χ3v) is 5.41. The van der Waals surface area contributed by atoms with Crippen molar-refractivity contribution in [3.8, 4) is 0 Å². The van der Waals surface area contributed by atoms with Gasteiger partial charge in [-0.05, 0) is 25.5 Å². The van der Waals surface area contributed by atoms with Crippen LogP contribution >= 0.6 is 23.1 Å². The molecule has 1 aromatic heterocycles. The van der Waals surface area contributed by atoms with Crippen LogP contribution in [0.2, 0.25) is 0 Å². The van der Waals surface area contributed by atoms with E-state index >= 15 is 0 Å². The van der Waals surface area contributed by atoms with Crippen LogP contribution in [-0.4, -0.2) is 22.0 Å². The van der Waals surface area contributed by atoms with Gasteiger partial charge in [-0.15, -0.1) is 23.1 Å². The summed E-state index contributed by atoms with van der Waals surface area (Å²) in [5.74, 6) is -0.587. The first-order chi connectivity index (χ1) is 11.0. The number of primary amides is 1. The molecule has 5 nitrogen and oxygen atoms in total. The van der Waals surface area contributed by atoms with Crippen molar-refractivity contribution in [2.24, 2.45) is 5.73 Å². The van der Waals surface area contributed by atoms with Gasteiger partial charge in [-0.3, -0.25) is 9.59 Å². The van der Waals surface area contributed by atoms with Gasteiger partial charge in [-0.1, -0.05) is 19.1 Å². The van der Waals surface area contributed by atoms with Gasteiger partial charge in [0.2, 0.25) is 5.91 Å². The number of carbonyl (C=O) groups excluding carboxylic acids is 2. The van der Waals surface area contributed by atoms with Crippen molar-refractivity contribution in [3.63, 3.8) is 0 Å². The summed E-state index contributed by atoms with van der Waals surface area (Å²) in [5.41, 5.74) is 6.69. The summed E-state index contributed by atoms with van der Waals surface area (Å²) in [7, 11) is 0. The molecule has 1 atom stereocenters. The fourth-order valence-corrected chi connectivity index (χ4v) is 3.55. The van der Waals surface area contributed by atoms with Gasteiger partial charge in [0.15, 0.2) is 0 Å². The van der Waals surface area contributed by atoms with Gasteiger partial charge >= 0.3 is 0 Å². The van der Waals surface area contributed by atoms with Crippen molar-refractivity contribution in [3.05, 3.63) is 45.9 Å². The number of aromatic nitrogens is 1. The first kappa shape index (κ1) is 17.5. The molecule has 122 valence electrons. The maximum absolute atomic E-state index is 12.4. The summed E-state index contributed by atoms with van der Waals surface area (Å²) < 4.78 is 0. The van der Waals surface area contributed by atoms with Crippen LogP contribution < -0.4 is 11.1 Å². The fraction of sp³-hybridized carbons (Fsp3) is 0.312. The van der Waals surface area contributed by atoms with E-state index in [2.05, 4.69) is 17.2 Å². The van der Waals surface area contributed by atoms with E-state index in [1.54, 1.807) is 30.4 Å². The number of nitrogens with zero attached hydrogens (tertiary/aromatic N) is 1. The molecule has 0 saturated heterocycles. The van der Waals surface area contributed by atoms with Crippen LogP contribution in [0.15, 0.2) is 34.5 Å². The molecule has 0 aliphatic rings. The molecule has 0 aliphatic heterocycles. The minimum Gasteiger partial charge on any atom is -0.369 e. The maximum Gasteiger partial charge on any atom is 0.252 e. The predicted molar refractivity (Wildman–Crippen MR) is 93.6 cm³/mol. The SMILES string of the molecule is CCc1nc(CNC(=O)c2ccccc2SC(C)C(N)=O)cs1. The predicted octanol–water partition coefficient (Wildman–Crippen LogP) is 2.60. The van der Waals surface area contributed by atoms with Gasteiger partial charge in [0, 0.05) is 10.3 Å². The molecule has 2 aromatic rings. The van der Waals surface area contributed by atoms with Crippen LogP contribution in [0.3, 0.4) is 0 Å². The minimum absolute atomic E-state index is 0.184. The molecule has 23 heavy (non-hydrogen) atoms. The fourth-order valence-electron chi connectivity index (χ4n) is 1.86. The van der Waals surface area contributed by atoms with E-state index in [0.29, 0.717) is 12.1 Å². The van der Waals surface area contributed by atoms with E-state index in [1.807, 2.05) is 17.5 Å². The highest BCUT2D eigenvalue weighted by Gasteiger charge is 2.16. The molecule has 3 N–H and O–H groups in total. The molecule has 1 heterocycles. The Balaban J connectivity index is 2.05. The minimum atomic E-state index is -0.403. The lowest BCUT2D eigenvalue weighted by Crippen LogP contribution is -2.25. The number of aryl methyl sites for hydroxylation is 1. The number of nitrogens with one attached hydrogen (secondary N) is 1. The van der Waals surface area contributed by atoms with Crippen LogP contribution in [0.25, 0.3) is 0 Å². The number of amides is 2. The summed E-state index contributed by atoms with van der Waals surface area (Å²) in [6.07, 6.45) is 0.892. The highest BCUT2D eigenvalue weighted by molar-refractivity contribution is 8.00. The van der Waals surface area contributed by atoms with E-state index in [0.717, 1.165) is 22.0 Å². The van der Waals surface area contributed by atoms with Gasteiger partial charge in [-0.25, -0.2) is 4.98 Å². The van der Waals surface area contributed by atoms with Crippen LogP contribution in [-0.2, 0) is 17.8 Å². The molecule has 1 aromatic carbocycles. The van der Waals surface area contributed by atoms with E-state index in [9.17, 15) is 9.59 Å². The first-order valence-electron chi connectivity index (χ1n) is 7.27. The van der Waals surface area contributed by atoms with Crippen LogP contribution in [0.1, 0.15) is 34.9 Å². The molecule has 2 amide bonds. The lowest BCUT2D eigenvalue weighted by atomic mass is 10.2. The Morgan fingerprint density at radius 1 is 1.39 bits per heavy atom. The molecule has 0 aliphatic carbocycles. The zero-order valence-electron chi connectivity index (χ0n) is 13.0. The first-order valence-corrected chi connectivity index (χ1v) is 9.03. The zero-order chi connectivity index (χ0) is 16.8. The topological polar surface area (TPSA) is 85.1 Å². The van der Waals surface area contributed by atoms with E-state index < -0.39 is 11.2 Å². The van der Waals surface area contributed by atoms with Crippen LogP contribution in [0.5, 0.6) is 0 Å². The number of benzene rings is 1. The van der Waals surface area contributed by atoms with E-state index in [1.165, 1.54) is 11.8 Å². The van der Waals surface area contributed by atoms with Crippen molar-refractivity contribution in [2.45, 2.75) is 37.0 Å². The number of rotatable bonds is 7. The highest BCUT2D eigenvalue weighted by Crippen LogP contribution is 2.26. The molecular weight excluding hydrogens is 330 g/mol. The standard InChI is InChI=1S/C16H19N3O2S2/c1-3-14-19-11(9-22-14)8-18-16(21)12-6-4-5-7-13(12)23-10(2)15(17)20/h4-7,9-10H,3,8H2,1-2H3,(H2,17,20)(H,18,21). The third kappa shape index (κ3) is 4.80. The summed E-state index contributed by atoms with van der Waals surface area (Å²) in [4.78, 5) is 28.8. The Morgan fingerprint density at radius 3 is 2.78 bits per heavy atom. The second-order valence-corrected chi connectivity index (χ2v) is 7.25. The van der Waals surface area contributed by atoms with E-state index in [-0.39, 0.29) is 5.91 Å². The maximum atomic E-state index is 12.4. The lowest BCUT2D eigenvalue weighted by molar-refractivity contribution is -0.117. The monoisotopic (exact) mass is 349 g/mol. The van der Waals surface area contributed by atoms with Gasteiger partial charge in [-0.2, -0.15) is 0 Å². The van der Waals surface area contributed by atoms with Gasteiger partial charge < -0.3 is 11.1 Å². The average molecular weight is 349 g/mol. The molecule has 0 radical (unpaired) electrons. The summed E-state index contributed by atoms with van der Waals surface area (Å²) in [6, 6.07) is 7.19. The Hall–Kier alpha value is -1.86. The summed E-state index contributed by atoms with van der Waals surface area (Å²) in [6.45, 7) is 4.16. The molecule has 0 fully saturated rings. The van der Waals surface area contributed by atoms with Crippen LogP contribution in [0.4, 0.5) is 0 Å². The van der Waals surface area contributed by atoms with Crippen molar-refractivity contribution < 1.29 is 9.59 Å². The molecule has 0 bridgehead atoms. The summed E-state index contributed by atoms with van der Waals surface area (Å²) >= 11 is 2.88. The number of hydrogen-bond acceptors (Lipinski definition) is 5. The molecule has 7 heteroatoms. The lowest BCUT2D eigenvalue weighted by Gasteiger charge is -2.11. The number of thiazole rings is 1. The molecular formula is C16H19N3O2S2. The second kappa shape index (κ2) is 8.12. The Bertz CT molecular complexity index is 700. The quantitative estimate of drug-likeness (QED) is 0.753. The summed E-state index contributed by atoms with van der Waals surface area (Å²) in [5, 5.41) is 5.49. The smallest absolute Gasteiger partial charge is 0.252 e. The Labute approximate surface area is 143 Å². The van der Waals surface area contributed by atoms with E-state index in [4.69, 9.17) is 5.73 Å². The Morgan fingerprint density at radius 2 is 2.13 bits per heavy atom. The van der Waals surface area contributed by atoms with Crippen molar-refractivity contribution in [2.75, 3.05) is 0 Å². The average Bonchev–Trinajstić information content (AvgIpc) is 3.01. The van der Waals surface area contributed by atoms with Gasteiger partial charge in [0.25, 0.3) is 5.91 Å². The largest absolute Gasteiger partial charge is 0.369 e. The molecule has 1 unspecified atom stereocenters. The van der Waals surface area contributed by atoms with Crippen LogP contribution in [0, 0.1) is 0 Å². The number of thioether (sulfide) groups is 1. The molecule has 2 rings (SSSR count). The van der Waals surface area contributed by atoms with Crippen molar-refractivity contribution in [1.82, 2.24) is 10.3 Å². The highest BCUT2D eigenvalue weighted by atomic mass is 32.2. The number of nitrogens with two attached hydrogens (primary N) is 1. The van der Waals surface area contributed by atoms with Crippen molar-refractivity contribution >= 4 is 34.9 Å². The molecule has 0 saturated carbocycles. The molecule has 0 spiro atoms. The number of carbonyl (C=O) groups is 2. The van der Waals surface area contributed by atoms with Gasteiger partial charge in [0.1, 0.15) is 0 Å². The number of hydrogen-bond donors (Lipinski definition) is 2. The second-order valence-electron chi connectivity index (χ2n) is 4.93. The van der Waals surface area contributed by atoms with Gasteiger partial charge in [0.05, 0.1) is 28.1 Å². The Kier molecular flexibility index (Phi) is 6.18. The third-order valence-electron chi connectivity index (χ3n) is 3.17. The normalized spacial score (nSPS) is 11.9. The zero-order valence-corrected chi connectivity index (χ0v) is 14.7. The van der Waals surface area contributed by atoms with Crippen molar-refractivity contribution in [1.29, 1.82) is 0 Å².